The van der Waals surface area contributed by atoms with E-state index in [1.165, 1.54) is 4.31 Å². The van der Waals surface area contributed by atoms with Crippen molar-refractivity contribution in [3.63, 3.8) is 0 Å². The van der Waals surface area contributed by atoms with E-state index in [1.807, 2.05) is 0 Å². The van der Waals surface area contributed by atoms with Crippen molar-refractivity contribution in [2.24, 2.45) is 0 Å². The first-order chi connectivity index (χ1) is 12.4. The maximum absolute atomic E-state index is 12.9. The molecule has 2 aliphatic rings. The van der Waals surface area contributed by atoms with Crippen LogP contribution in [-0.2, 0) is 19.6 Å². The maximum atomic E-state index is 12.9. The van der Waals surface area contributed by atoms with Gasteiger partial charge in [-0.2, -0.15) is 4.31 Å². The second-order valence-corrected chi connectivity index (χ2v) is 9.29. The maximum Gasteiger partial charge on any atom is 0.422 e. The number of rotatable bonds is 3. The lowest BCUT2D eigenvalue weighted by atomic mass is 9.91. The van der Waals surface area contributed by atoms with Gasteiger partial charge in [-0.15, -0.1) is 11.3 Å². The zero-order chi connectivity index (χ0) is 18.4. The first kappa shape index (κ1) is 17.2. The molecule has 0 N–H and O–H groups in total. The van der Waals surface area contributed by atoms with Gasteiger partial charge >= 0.3 is 6.09 Å². The number of hydrogen-bond acceptors (Lipinski definition) is 6. The van der Waals surface area contributed by atoms with Gasteiger partial charge in [-0.1, -0.05) is 24.3 Å². The number of piperidine rings is 1. The van der Waals surface area contributed by atoms with E-state index in [-0.39, 0.29) is 30.1 Å². The number of benzene rings is 1. The smallest absolute Gasteiger partial charge is 0.422 e. The van der Waals surface area contributed by atoms with E-state index < -0.39 is 27.6 Å². The van der Waals surface area contributed by atoms with Crippen LogP contribution in [0.1, 0.15) is 12.8 Å². The molecule has 0 bridgehead atoms. The van der Waals surface area contributed by atoms with E-state index in [1.54, 1.807) is 47.8 Å². The van der Waals surface area contributed by atoms with Crippen molar-refractivity contribution >= 4 is 39.0 Å². The summed E-state index contributed by atoms with van der Waals surface area (Å²) in [5.41, 5.74) is -0.831. The molecule has 2 aromatic rings. The Balaban J connectivity index is 1.54. The molecule has 2 saturated heterocycles. The van der Waals surface area contributed by atoms with E-state index in [0.29, 0.717) is 5.69 Å². The molecule has 2 amide bonds. The van der Waals surface area contributed by atoms with Crippen molar-refractivity contribution in [1.29, 1.82) is 0 Å². The molecular formula is C17H16N2O5S2. The quantitative estimate of drug-likeness (QED) is 0.801. The number of nitrogens with zero attached hydrogens (tertiary/aromatic N) is 2. The zero-order valence-electron chi connectivity index (χ0n) is 13.7. The van der Waals surface area contributed by atoms with E-state index in [2.05, 4.69) is 0 Å². The summed E-state index contributed by atoms with van der Waals surface area (Å²) in [6.07, 6.45) is -0.424. The monoisotopic (exact) mass is 392 g/mol. The lowest BCUT2D eigenvalue weighted by Gasteiger charge is -2.35. The van der Waals surface area contributed by atoms with Crippen LogP contribution in [0.3, 0.4) is 0 Å². The molecule has 136 valence electrons. The first-order valence-corrected chi connectivity index (χ1v) is 10.4. The van der Waals surface area contributed by atoms with Crippen molar-refractivity contribution in [1.82, 2.24) is 4.31 Å². The van der Waals surface area contributed by atoms with E-state index in [4.69, 9.17) is 4.74 Å². The van der Waals surface area contributed by atoms with E-state index in [9.17, 15) is 18.0 Å². The number of carbonyl (C=O) groups is 2. The number of thiophene rings is 1. The van der Waals surface area contributed by atoms with Crippen LogP contribution in [0, 0.1) is 0 Å². The number of amides is 2. The Kier molecular flexibility index (Phi) is 4.09. The Bertz CT molecular complexity index is 933. The Labute approximate surface area is 154 Å². The fourth-order valence-electron chi connectivity index (χ4n) is 3.28. The van der Waals surface area contributed by atoms with Crippen LogP contribution in [0.15, 0.2) is 52.1 Å². The molecule has 1 aromatic carbocycles. The van der Waals surface area contributed by atoms with Crippen LogP contribution in [0.25, 0.3) is 0 Å². The van der Waals surface area contributed by atoms with Gasteiger partial charge < -0.3 is 4.74 Å². The topological polar surface area (TPSA) is 84.0 Å². The average Bonchev–Trinajstić information content (AvgIpc) is 3.25. The highest BCUT2D eigenvalue weighted by molar-refractivity contribution is 7.91. The van der Waals surface area contributed by atoms with Gasteiger partial charge in [0.05, 0.1) is 5.69 Å². The van der Waals surface area contributed by atoms with Gasteiger partial charge in [-0.25, -0.2) is 18.1 Å². The standard InChI is InChI=1S/C17H16N2O5S2/c20-15-17(24-16(21)19(15)13-5-2-1-3-6-13)8-10-18(11-9-17)26(22,23)14-7-4-12-25-14/h1-7,12H,8-11H2. The third-order valence-corrected chi connectivity index (χ3v) is 7.96. The highest BCUT2D eigenvalue weighted by Crippen LogP contribution is 2.38. The average molecular weight is 392 g/mol. The third-order valence-electron chi connectivity index (χ3n) is 4.69. The zero-order valence-corrected chi connectivity index (χ0v) is 15.3. The Morgan fingerprint density at radius 2 is 1.69 bits per heavy atom. The molecular weight excluding hydrogens is 376 g/mol. The largest absolute Gasteiger partial charge is 0.432 e. The Morgan fingerprint density at radius 3 is 2.31 bits per heavy atom. The van der Waals surface area contributed by atoms with E-state index in [0.717, 1.165) is 16.2 Å². The van der Waals surface area contributed by atoms with Gasteiger partial charge in [0.25, 0.3) is 15.9 Å². The van der Waals surface area contributed by atoms with Crippen molar-refractivity contribution in [2.75, 3.05) is 18.0 Å². The minimum atomic E-state index is -3.58. The molecule has 0 aliphatic carbocycles. The van der Waals surface area contributed by atoms with Gasteiger partial charge in [0.2, 0.25) is 0 Å². The summed E-state index contributed by atoms with van der Waals surface area (Å²) in [4.78, 5) is 26.2. The Hall–Kier alpha value is -2.23. The van der Waals surface area contributed by atoms with Crippen LogP contribution in [-0.4, -0.2) is 43.4 Å². The number of para-hydroxylation sites is 1. The number of ether oxygens (including phenoxy) is 1. The summed E-state index contributed by atoms with van der Waals surface area (Å²) < 4.78 is 32.3. The minimum Gasteiger partial charge on any atom is -0.432 e. The fourth-order valence-corrected chi connectivity index (χ4v) is 5.87. The summed E-state index contributed by atoms with van der Waals surface area (Å²) in [7, 11) is -3.58. The van der Waals surface area contributed by atoms with Gasteiger partial charge in [-0.05, 0) is 23.6 Å². The summed E-state index contributed by atoms with van der Waals surface area (Å²) in [6, 6.07) is 11.8. The summed E-state index contributed by atoms with van der Waals surface area (Å²) >= 11 is 1.16. The number of imide groups is 1. The molecule has 2 aliphatic heterocycles. The highest BCUT2D eigenvalue weighted by atomic mass is 32.2. The van der Waals surface area contributed by atoms with Crippen molar-refractivity contribution < 1.29 is 22.7 Å². The Morgan fingerprint density at radius 1 is 1.00 bits per heavy atom. The number of anilines is 1. The lowest BCUT2D eigenvalue weighted by Crippen LogP contribution is -2.51. The molecule has 1 aromatic heterocycles. The summed E-state index contributed by atoms with van der Waals surface area (Å²) in [5, 5.41) is 1.71. The first-order valence-electron chi connectivity index (χ1n) is 8.10. The molecule has 4 rings (SSSR count). The second-order valence-electron chi connectivity index (χ2n) is 6.17. The van der Waals surface area contributed by atoms with Crippen molar-refractivity contribution in [2.45, 2.75) is 22.7 Å². The van der Waals surface area contributed by atoms with Gasteiger partial charge in [-0.3, -0.25) is 4.79 Å². The van der Waals surface area contributed by atoms with Gasteiger partial charge in [0.15, 0.2) is 5.60 Å². The third kappa shape index (κ3) is 2.63. The number of sulfonamides is 1. The molecule has 2 fully saturated rings. The van der Waals surface area contributed by atoms with Gasteiger partial charge in [0, 0.05) is 25.9 Å². The second kappa shape index (κ2) is 6.19. The number of carbonyl (C=O) groups excluding carboxylic acids is 2. The lowest BCUT2D eigenvalue weighted by molar-refractivity contribution is -0.132. The van der Waals surface area contributed by atoms with Crippen LogP contribution in [0.4, 0.5) is 10.5 Å². The van der Waals surface area contributed by atoms with Crippen LogP contribution in [0.5, 0.6) is 0 Å². The predicted molar refractivity (Wildman–Crippen MR) is 95.5 cm³/mol. The molecule has 9 heteroatoms. The summed E-state index contributed by atoms with van der Waals surface area (Å²) in [6.45, 7) is 0.254. The molecule has 0 saturated carbocycles. The van der Waals surface area contributed by atoms with Crippen LogP contribution < -0.4 is 4.90 Å². The van der Waals surface area contributed by atoms with Crippen molar-refractivity contribution in [3.8, 4) is 0 Å². The molecule has 0 atom stereocenters. The minimum absolute atomic E-state index is 0.127. The molecule has 0 unspecified atom stereocenters. The predicted octanol–water partition coefficient (Wildman–Crippen LogP) is 2.45. The summed E-state index contributed by atoms with van der Waals surface area (Å²) in [5.74, 6) is -0.429. The fraction of sp³-hybridized carbons (Fsp3) is 0.294. The normalized spacial score (nSPS) is 20.5. The SMILES string of the molecule is O=C1OC2(CCN(S(=O)(=O)c3cccs3)CC2)C(=O)N1c1ccccc1. The molecule has 7 nitrogen and oxygen atoms in total. The van der Waals surface area contributed by atoms with E-state index >= 15 is 0 Å². The molecule has 3 heterocycles. The molecule has 1 spiro atoms. The molecule has 0 radical (unpaired) electrons. The van der Waals surface area contributed by atoms with Crippen molar-refractivity contribution in [3.05, 3.63) is 47.8 Å². The highest BCUT2D eigenvalue weighted by Gasteiger charge is 2.56. The van der Waals surface area contributed by atoms with Crippen LogP contribution in [0.2, 0.25) is 0 Å². The van der Waals surface area contributed by atoms with Gasteiger partial charge in [0.1, 0.15) is 4.21 Å². The molecule has 26 heavy (non-hydrogen) atoms. The number of hydrogen-bond donors (Lipinski definition) is 0. The van der Waals surface area contributed by atoms with Crippen LogP contribution >= 0.6 is 11.3 Å².